The zero-order valence-corrected chi connectivity index (χ0v) is 8.85. The Labute approximate surface area is 79.3 Å². The quantitative estimate of drug-likeness (QED) is 0.661. The summed E-state index contributed by atoms with van der Waals surface area (Å²) >= 11 is 0. The van der Waals surface area contributed by atoms with Crippen LogP contribution >= 0.6 is 0 Å². The molecule has 6 heteroatoms. The van der Waals surface area contributed by atoms with Crippen LogP contribution in [0.2, 0.25) is 0 Å². The average Bonchev–Trinajstić information content (AvgIpc) is 2.00. The fraction of sp³-hybridized carbons (Fsp3) is 0.857. The predicted octanol–water partition coefficient (Wildman–Crippen LogP) is -0.0215. The normalized spacial score (nSPS) is 14.1. The smallest absolute Gasteiger partial charge is 0.202 e. The molecule has 0 aliphatic rings. The van der Waals surface area contributed by atoms with Gasteiger partial charge >= 0.3 is 0 Å². The van der Waals surface area contributed by atoms with E-state index in [-0.39, 0.29) is 5.92 Å². The molecule has 13 heavy (non-hydrogen) atoms. The molecule has 76 valence electrons. The van der Waals surface area contributed by atoms with Crippen molar-refractivity contribution in [2.75, 3.05) is 6.54 Å². The van der Waals surface area contributed by atoms with Crippen molar-refractivity contribution >= 4 is 10.2 Å². The van der Waals surface area contributed by atoms with Crippen LogP contribution in [0, 0.1) is 17.2 Å². The van der Waals surface area contributed by atoms with E-state index in [1.54, 1.807) is 6.07 Å². The van der Waals surface area contributed by atoms with Crippen LogP contribution in [0.25, 0.3) is 0 Å². The molecule has 0 bridgehead atoms. The van der Waals surface area contributed by atoms with Gasteiger partial charge in [-0.05, 0) is 12.8 Å². The summed E-state index contributed by atoms with van der Waals surface area (Å²) in [5, 5.41) is 8.37. The minimum absolute atomic E-state index is 0.244. The van der Waals surface area contributed by atoms with Crippen molar-refractivity contribution in [3.63, 3.8) is 0 Å². The SMILES string of the molecule is CC(C)CNS(=O)(=O)NC(C)C#N. The standard InChI is InChI=1S/C7H15N3O2S/c1-6(2)5-9-13(11,12)10-7(3)4-8/h6-7,9-10H,5H2,1-3H3. The van der Waals surface area contributed by atoms with Gasteiger partial charge in [-0.15, -0.1) is 0 Å². The van der Waals surface area contributed by atoms with E-state index in [0.717, 1.165) is 0 Å². The van der Waals surface area contributed by atoms with Crippen molar-refractivity contribution in [1.82, 2.24) is 9.44 Å². The molecular formula is C7H15N3O2S. The van der Waals surface area contributed by atoms with Gasteiger partial charge < -0.3 is 0 Å². The van der Waals surface area contributed by atoms with Gasteiger partial charge in [0.1, 0.15) is 6.04 Å². The molecule has 1 unspecified atom stereocenters. The summed E-state index contributed by atoms with van der Waals surface area (Å²) in [7, 11) is -3.51. The van der Waals surface area contributed by atoms with Crippen molar-refractivity contribution in [3.05, 3.63) is 0 Å². The first-order valence-electron chi connectivity index (χ1n) is 4.04. The van der Waals surface area contributed by atoms with Crippen molar-refractivity contribution in [2.24, 2.45) is 5.92 Å². The third-order valence-corrected chi connectivity index (χ3v) is 2.42. The summed E-state index contributed by atoms with van der Waals surface area (Å²) in [4.78, 5) is 0. The third kappa shape index (κ3) is 6.51. The van der Waals surface area contributed by atoms with Crippen LogP contribution in [0.1, 0.15) is 20.8 Å². The molecule has 0 radical (unpaired) electrons. The summed E-state index contributed by atoms with van der Waals surface area (Å²) in [6, 6.07) is 1.07. The van der Waals surface area contributed by atoms with Gasteiger partial charge in [0.15, 0.2) is 0 Å². The average molecular weight is 205 g/mol. The molecule has 0 aromatic carbocycles. The Morgan fingerprint density at radius 2 is 1.92 bits per heavy atom. The molecule has 1 atom stereocenters. The summed E-state index contributed by atoms with van der Waals surface area (Å²) in [6.45, 7) is 5.65. The molecule has 2 N–H and O–H groups in total. The Bertz CT molecular complexity index is 279. The Balaban J connectivity index is 4.04. The highest BCUT2D eigenvalue weighted by Gasteiger charge is 2.12. The molecule has 0 aromatic rings. The van der Waals surface area contributed by atoms with Crippen molar-refractivity contribution in [2.45, 2.75) is 26.8 Å². The summed E-state index contributed by atoms with van der Waals surface area (Å²) in [6.07, 6.45) is 0. The van der Waals surface area contributed by atoms with Crippen molar-refractivity contribution in [3.8, 4) is 6.07 Å². The summed E-state index contributed by atoms with van der Waals surface area (Å²) in [5.41, 5.74) is 0. The van der Waals surface area contributed by atoms with E-state index in [1.807, 2.05) is 13.8 Å². The number of nitrogens with one attached hydrogen (secondary N) is 2. The van der Waals surface area contributed by atoms with Crippen LogP contribution in [0.4, 0.5) is 0 Å². The van der Waals surface area contributed by atoms with Crippen LogP contribution < -0.4 is 9.44 Å². The Morgan fingerprint density at radius 3 is 2.31 bits per heavy atom. The number of nitriles is 1. The second kappa shape index (κ2) is 5.17. The fourth-order valence-corrected chi connectivity index (χ4v) is 1.73. The van der Waals surface area contributed by atoms with E-state index >= 15 is 0 Å². The lowest BCUT2D eigenvalue weighted by atomic mass is 10.2. The summed E-state index contributed by atoms with van der Waals surface area (Å²) in [5.74, 6) is 0.244. The monoisotopic (exact) mass is 205 g/mol. The fourth-order valence-electron chi connectivity index (χ4n) is 0.577. The zero-order chi connectivity index (χ0) is 10.5. The molecular weight excluding hydrogens is 190 g/mol. The highest BCUT2D eigenvalue weighted by molar-refractivity contribution is 7.87. The number of rotatable bonds is 5. The maximum atomic E-state index is 11.1. The minimum Gasteiger partial charge on any atom is -0.202 e. The van der Waals surface area contributed by atoms with Crippen molar-refractivity contribution in [1.29, 1.82) is 5.26 Å². The molecule has 0 amide bonds. The maximum absolute atomic E-state index is 11.1. The van der Waals surface area contributed by atoms with E-state index in [4.69, 9.17) is 5.26 Å². The lowest BCUT2D eigenvalue weighted by Crippen LogP contribution is -2.42. The molecule has 0 heterocycles. The zero-order valence-electron chi connectivity index (χ0n) is 8.03. The lowest BCUT2D eigenvalue weighted by molar-refractivity contribution is 0.544. The Kier molecular flexibility index (Phi) is 4.91. The minimum atomic E-state index is -3.51. The van der Waals surface area contributed by atoms with E-state index in [9.17, 15) is 8.42 Å². The molecule has 0 aromatic heterocycles. The molecule has 0 aliphatic carbocycles. The van der Waals surface area contributed by atoms with Gasteiger partial charge in [-0.2, -0.15) is 18.4 Å². The molecule has 0 aliphatic heterocycles. The second-order valence-corrected chi connectivity index (χ2v) is 4.75. The Morgan fingerprint density at radius 1 is 1.38 bits per heavy atom. The maximum Gasteiger partial charge on any atom is 0.278 e. The molecule has 0 fully saturated rings. The van der Waals surface area contributed by atoms with Gasteiger partial charge in [0.05, 0.1) is 6.07 Å². The van der Waals surface area contributed by atoms with Gasteiger partial charge in [-0.25, -0.2) is 4.72 Å². The predicted molar refractivity (Wildman–Crippen MR) is 50.0 cm³/mol. The molecule has 0 spiro atoms. The first-order chi connectivity index (χ1) is 5.87. The van der Waals surface area contributed by atoms with Gasteiger partial charge in [-0.1, -0.05) is 13.8 Å². The highest BCUT2D eigenvalue weighted by atomic mass is 32.2. The number of hydrogen-bond donors (Lipinski definition) is 2. The van der Waals surface area contributed by atoms with E-state index in [0.29, 0.717) is 6.54 Å². The number of hydrogen-bond acceptors (Lipinski definition) is 3. The van der Waals surface area contributed by atoms with E-state index in [2.05, 4.69) is 9.44 Å². The third-order valence-electron chi connectivity index (χ3n) is 1.21. The largest absolute Gasteiger partial charge is 0.278 e. The first-order valence-corrected chi connectivity index (χ1v) is 5.52. The molecule has 0 saturated carbocycles. The molecule has 0 rings (SSSR count). The van der Waals surface area contributed by atoms with Gasteiger partial charge in [-0.3, -0.25) is 0 Å². The number of nitrogens with zero attached hydrogens (tertiary/aromatic N) is 1. The van der Waals surface area contributed by atoms with Crippen LogP contribution in [-0.4, -0.2) is 21.0 Å². The van der Waals surface area contributed by atoms with Gasteiger partial charge in [0, 0.05) is 6.54 Å². The second-order valence-electron chi connectivity index (χ2n) is 3.21. The van der Waals surface area contributed by atoms with Crippen LogP contribution in [0.3, 0.4) is 0 Å². The highest BCUT2D eigenvalue weighted by Crippen LogP contribution is 1.90. The molecule has 5 nitrogen and oxygen atoms in total. The topological polar surface area (TPSA) is 82.0 Å². The van der Waals surface area contributed by atoms with Crippen molar-refractivity contribution < 1.29 is 8.42 Å². The Hall–Kier alpha value is -0.640. The van der Waals surface area contributed by atoms with Gasteiger partial charge in [0.25, 0.3) is 10.2 Å². The lowest BCUT2D eigenvalue weighted by Gasteiger charge is -2.10. The first kappa shape index (κ1) is 12.4. The van der Waals surface area contributed by atoms with Crippen LogP contribution in [-0.2, 0) is 10.2 Å². The van der Waals surface area contributed by atoms with E-state index < -0.39 is 16.3 Å². The molecule has 0 saturated heterocycles. The van der Waals surface area contributed by atoms with Gasteiger partial charge in [0.2, 0.25) is 0 Å². The van der Waals surface area contributed by atoms with E-state index in [1.165, 1.54) is 6.92 Å². The van der Waals surface area contributed by atoms with Crippen LogP contribution in [0.15, 0.2) is 0 Å². The van der Waals surface area contributed by atoms with Crippen LogP contribution in [0.5, 0.6) is 0 Å². The summed E-state index contributed by atoms with van der Waals surface area (Å²) < 4.78 is 26.8.